The second-order valence-electron chi connectivity index (χ2n) is 7.15. The fourth-order valence-corrected chi connectivity index (χ4v) is 3.12. The van der Waals surface area contributed by atoms with Gasteiger partial charge in [0.15, 0.2) is 0 Å². The Morgan fingerprint density at radius 3 is 2.28 bits per heavy atom. The summed E-state index contributed by atoms with van der Waals surface area (Å²) in [5.74, 6) is -2.95. The van der Waals surface area contributed by atoms with E-state index in [-0.39, 0.29) is 6.61 Å². The molecule has 1 aromatic carbocycles. The quantitative estimate of drug-likeness (QED) is 0.505. The van der Waals surface area contributed by atoms with Gasteiger partial charge in [-0.05, 0) is 26.3 Å². The van der Waals surface area contributed by atoms with Crippen LogP contribution < -0.4 is 5.32 Å². The molecular formula is C20H26Cl3NO5. The van der Waals surface area contributed by atoms with Crippen molar-refractivity contribution in [1.82, 2.24) is 5.32 Å². The first-order valence-corrected chi connectivity index (χ1v) is 10.1. The number of carbonyl (C=O) groups excluding carboxylic acids is 1. The van der Waals surface area contributed by atoms with Crippen LogP contribution in [0.5, 0.6) is 0 Å². The van der Waals surface area contributed by atoms with Gasteiger partial charge >= 0.3 is 0 Å². The predicted molar refractivity (Wildman–Crippen MR) is 113 cm³/mol. The standard InChI is InChI=1S/C20H26Cl3NO5/c1-17(14-9-7-6-8-10-14,24-16(25)20(21,22)23)12-11-15-13-28-18(2,26-4)19(3,27-5)29-15/h6-12,15H,13H2,1-5H3,(H,24,25)/b12-11+/t15?,17-,18?,19?/m0/s1. The van der Waals surface area contributed by atoms with E-state index in [4.69, 9.17) is 53.8 Å². The van der Waals surface area contributed by atoms with Crippen LogP contribution in [-0.2, 0) is 29.3 Å². The highest BCUT2D eigenvalue weighted by Crippen LogP contribution is 2.37. The van der Waals surface area contributed by atoms with Crippen molar-refractivity contribution in [2.45, 2.75) is 47.8 Å². The lowest BCUT2D eigenvalue weighted by Crippen LogP contribution is -2.62. The Labute approximate surface area is 186 Å². The summed E-state index contributed by atoms with van der Waals surface area (Å²) in [7, 11) is 3.04. The molecule has 1 fully saturated rings. The zero-order chi connectivity index (χ0) is 21.9. The number of benzene rings is 1. The van der Waals surface area contributed by atoms with Gasteiger partial charge in [0.2, 0.25) is 11.6 Å². The molecule has 0 saturated carbocycles. The number of ether oxygens (including phenoxy) is 4. The Hall–Kier alpha value is -0.860. The first-order valence-electron chi connectivity index (χ1n) is 8.95. The van der Waals surface area contributed by atoms with Gasteiger partial charge in [-0.2, -0.15) is 0 Å². The van der Waals surface area contributed by atoms with Gasteiger partial charge in [0.1, 0.15) is 6.10 Å². The van der Waals surface area contributed by atoms with Crippen molar-refractivity contribution in [2.24, 2.45) is 0 Å². The van der Waals surface area contributed by atoms with Crippen LogP contribution in [0, 0.1) is 0 Å². The van der Waals surface area contributed by atoms with Crippen molar-refractivity contribution in [3.63, 3.8) is 0 Å². The molecule has 162 valence electrons. The van der Waals surface area contributed by atoms with Gasteiger partial charge < -0.3 is 24.3 Å². The van der Waals surface area contributed by atoms with Gasteiger partial charge in [-0.25, -0.2) is 0 Å². The molecule has 29 heavy (non-hydrogen) atoms. The van der Waals surface area contributed by atoms with Crippen LogP contribution in [0.25, 0.3) is 0 Å². The maximum Gasteiger partial charge on any atom is 0.273 e. The molecule has 0 aromatic heterocycles. The number of hydrogen-bond donors (Lipinski definition) is 1. The third-order valence-electron chi connectivity index (χ3n) is 5.15. The Morgan fingerprint density at radius 2 is 1.76 bits per heavy atom. The number of nitrogens with one attached hydrogen (secondary N) is 1. The van der Waals surface area contributed by atoms with E-state index in [9.17, 15) is 4.79 Å². The molecule has 1 N–H and O–H groups in total. The van der Waals surface area contributed by atoms with Gasteiger partial charge in [-0.15, -0.1) is 0 Å². The summed E-state index contributed by atoms with van der Waals surface area (Å²) in [5.41, 5.74) is -0.163. The number of alkyl halides is 3. The van der Waals surface area contributed by atoms with E-state index in [1.165, 1.54) is 14.2 Å². The molecule has 1 aliphatic rings. The third kappa shape index (κ3) is 5.44. The number of rotatable bonds is 6. The molecule has 4 atom stereocenters. The summed E-state index contributed by atoms with van der Waals surface area (Å²) in [6, 6.07) is 9.31. The van der Waals surface area contributed by atoms with Crippen molar-refractivity contribution in [2.75, 3.05) is 20.8 Å². The summed E-state index contributed by atoms with van der Waals surface area (Å²) in [6.45, 7) is 5.50. The lowest BCUT2D eigenvalue weighted by Gasteiger charge is -2.48. The molecule has 1 aromatic rings. The van der Waals surface area contributed by atoms with E-state index in [0.29, 0.717) is 0 Å². The lowest BCUT2D eigenvalue weighted by molar-refractivity contribution is -0.425. The van der Waals surface area contributed by atoms with E-state index < -0.39 is 32.9 Å². The van der Waals surface area contributed by atoms with E-state index in [1.54, 1.807) is 32.9 Å². The number of methoxy groups -OCH3 is 2. The van der Waals surface area contributed by atoms with Gasteiger partial charge in [0.25, 0.3) is 9.70 Å². The van der Waals surface area contributed by atoms with Gasteiger partial charge in [0.05, 0.1) is 12.1 Å². The van der Waals surface area contributed by atoms with Crippen molar-refractivity contribution in [3.05, 3.63) is 48.0 Å². The molecule has 0 aliphatic carbocycles. The molecule has 3 unspecified atom stereocenters. The molecule has 1 heterocycles. The first-order chi connectivity index (χ1) is 13.4. The number of carbonyl (C=O) groups is 1. The van der Waals surface area contributed by atoms with Crippen LogP contribution in [0.4, 0.5) is 0 Å². The highest BCUT2D eigenvalue weighted by molar-refractivity contribution is 6.76. The second kappa shape index (κ2) is 9.10. The SMILES string of the molecule is COC1(C)OCC(/C=C/[C@](C)(NC(=O)C(Cl)(Cl)Cl)c2ccccc2)OC1(C)OC. The molecule has 0 radical (unpaired) electrons. The Bertz CT molecular complexity index is 741. The molecular weight excluding hydrogens is 441 g/mol. The van der Waals surface area contributed by atoms with Crippen molar-refractivity contribution < 1.29 is 23.7 Å². The summed E-state index contributed by atoms with van der Waals surface area (Å²) in [6.07, 6.45) is 3.09. The number of hydrogen-bond acceptors (Lipinski definition) is 5. The molecule has 0 spiro atoms. The minimum absolute atomic E-state index is 0.225. The third-order valence-corrected chi connectivity index (χ3v) is 5.67. The zero-order valence-corrected chi connectivity index (χ0v) is 19.3. The van der Waals surface area contributed by atoms with Crippen LogP contribution in [0.1, 0.15) is 26.3 Å². The van der Waals surface area contributed by atoms with Crippen molar-refractivity contribution in [1.29, 1.82) is 0 Å². The Balaban J connectivity index is 2.30. The highest BCUT2D eigenvalue weighted by Gasteiger charge is 2.53. The van der Waals surface area contributed by atoms with Gasteiger partial charge in [-0.1, -0.05) is 77.3 Å². The molecule has 2 rings (SSSR count). The minimum Gasteiger partial charge on any atom is -0.349 e. The van der Waals surface area contributed by atoms with Crippen molar-refractivity contribution >= 4 is 40.7 Å². The van der Waals surface area contributed by atoms with Crippen LogP contribution in [0.2, 0.25) is 0 Å². The van der Waals surface area contributed by atoms with Crippen LogP contribution in [0.15, 0.2) is 42.5 Å². The van der Waals surface area contributed by atoms with Gasteiger partial charge in [-0.3, -0.25) is 4.79 Å². The van der Waals surface area contributed by atoms with E-state index in [2.05, 4.69) is 5.32 Å². The second-order valence-corrected chi connectivity index (χ2v) is 9.43. The van der Waals surface area contributed by atoms with E-state index >= 15 is 0 Å². The molecule has 0 bridgehead atoms. The Morgan fingerprint density at radius 1 is 1.17 bits per heavy atom. The monoisotopic (exact) mass is 465 g/mol. The normalized spacial score (nSPS) is 30.1. The van der Waals surface area contributed by atoms with E-state index in [0.717, 1.165) is 5.56 Å². The largest absolute Gasteiger partial charge is 0.349 e. The van der Waals surface area contributed by atoms with Crippen LogP contribution >= 0.6 is 34.8 Å². The lowest BCUT2D eigenvalue weighted by atomic mass is 9.90. The molecule has 9 heteroatoms. The molecule has 1 amide bonds. The Kier molecular flexibility index (Phi) is 7.66. The van der Waals surface area contributed by atoms with Crippen LogP contribution in [-0.4, -0.2) is 48.2 Å². The van der Waals surface area contributed by atoms with Crippen LogP contribution in [0.3, 0.4) is 0 Å². The highest BCUT2D eigenvalue weighted by atomic mass is 35.6. The predicted octanol–water partition coefficient (Wildman–Crippen LogP) is 4.09. The van der Waals surface area contributed by atoms with E-state index in [1.807, 2.05) is 30.3 Å². The summed E-state index contributed by atoms with van der Waals surface area (Å²) >= 11 is 17.2. The maximum absolute atomic E-state index is 12.3. The summed E-state index contributed by atoms with van der Waals surface area (Å²) in [4.78, 5) is 12.3. The summed E-state index contributed by atoms with van der Waals surface area (Å²) < 4.78 is 20.8. The maximum atomic E-state index is 12.3. The van der Waals surface area contributed by atoms with Gasteiger partial charge in [0, 0.05) is 14.2 Å². The first kappa shape index (κ1) is 24.4. The summed E-state index contributed by atoms with van der Waals surface area (Å²) in [5, 5.41) is 2.78. The average molecular weight is 467 g/mol. The molecule has 1 aliphatic heterocycles. The fourth-order valence-electron chi connectivity index (χ4n) is 2.98. The fraction of sp³-hybridized carbons (Fsp3) is 0.550. The molecule has 1 saturated heterocycles. The minimum atomic E-state index is -2.09. The number of halogens is 3. The molecule has 6 nitrogen and oxygen atoms in total. The van der Waals surface area contributed by atoms with Crippen molar-refractivity contribution in [3.8, 4) is 0 Å². The number of amides is 1. The average Bonchev–Trinajstić information content (AvgIpc) is 2.69. The zero-order valence-electron chi connectivity index (χ0n) is 17.0. The topological polar surface area (TPSA) is 66.0 Å². The smallest absolute Gasteiger partial charge is 0.273 e.